The van der Waals surface area contributed by atoms with Gasteiger partial charge in [0.15, 0.2) is 5.82 Å². The van der Waals surface area contributed by atoms with E-state index in [9.17, 15) is 4.79 Å². The summed E-state index contributed by atoms with van der Waals surface area (Å²) in [4.78, 5) is 31.0. The van der Waals surface area contributed by atoms with Crippen LogP contribution in [-0.4, -0.2) is 70.9 Å². The molecule has 0 spiro atoms. The number of benzene rings is 1. The molecule has 2 aliphatic rings. The van der Waals surface area contributed by atoms with Gasteiger partial charge in [-0.05, 0) is 62.1 Å². The fraction of sp³-hybridized carbons (Fsp3) is 0.360. The Morgan fingerprint density at radius 2 is 2.00 bits per heavy atom. The third-order valence-electron chi connectivity index (χ3n) is 6.58. The molecule has 1 atom stereocenters. The Morgan fingerprint density at radius 3 is 2.74 bits per heavy atom. The number of carbonyl (C=O) groups is 1. The lowest BCUT2D eigenvalue weighted by Gasteiger charge is -2.36. The molecule has 2 aliphatic heterocycles. The predicted octanol–water partition coefficient (Wildman–Crippen LogP) is 4.57. The van der Waals surface area contributed by atoms with E-state index in [4.69, 9.17) is 16.6 Å². The second-order valence-electron chi connectivity index (χ2n) is 9.54. The van der Waals surface area contributed by atoms with Gasteiger partial charge < -0.3 is 20.4 Å². The average Bonchev–Trinajstić information content (AvgIpc) is 3.50. The van der Waals surface area contributed by atoms with E-state index in [1.165, 1.54) is 0 Å². The first-order chi connectivity index (χ1) is 16.7. The zero-order valence-electron chi connectivity index (χ0n) is 20.2. The highest BCUT2D eigenvalue weighted by molar-refractivity contribution is 7.17. The molecule has 5 rings (SSSR count). The van der Waals surface area contributed by atoms with Gasteiger partial charge in [-0.3, -0.25) is 4.99 Å². The van der Waals surface area contributed by atoms with Crippen LogP contribution >= 0.6 is 22.9 Å². The number of likely N-dealkylation sites (N-methyl/N-ethyl adjacent to an activating group) is 1. The number of urea groups is 1. The highest BCUT2D eigenvalue weighted by Gasteiger charge is 2.45. The van der Waals surface area contributed by atoms with Gasteiger partial charge in [0.1, 0.15) is 5.84 Å². The van der Waals surface area contributed by atoms with E-state index >= 15 is 0 Å². The lowest BCUT2D eigenvalue weighted by atomic mass is 9.94. The number of aliphatic imine (C=N–C) groups is 1. The number of anilines is 1. The second-order valence-corrected chi connectivity index (χ2v) is 10.8. The Balaban J connectivity index is 1.36. The fourth-order valence-corrected chi connectivity index (χ4v) is 5.68. The molecule has 0 unspecified atom stereocenters. The maximum Gasteiger partial charge on any atom is 0.318 e. The molecule has 2 aromatic heterocycles. The van der Waals surface area contributed by atoms with Crippen LogP contribution in [0.4, 0.5) is 10.6 Å². The van der Waals surface area contributed by atoms with Crippen molar-refractivity contribution >= 4 is 50.8 Å². The van der Waals surface area contributed by atoms with Crippen molar-refractivity contribution in [2.45, 2.75) is 25.4 Å². The van der Waals surface area contributed by atoms with Crippen LogP contribution in [0, 0.1) is 0 Å². The number of nitrogens with zero attached hydrogens (tertiary/aromatic N) is 5. The van der Waals surface area contributed by atoms with Crippen molar-refractivity contribution in [3.05, 3.63) is 63.8 Å². The number of rotatable bonds is 5. The maximum atomic E-state index is 13.6. The number of aromatic nitrogens is 2. The quantitative estimate of drug-likeness (QED) is 0.492. The van der Waals surface area contributed by atoms with E-state index < -0.39 is 5.54 Å². The smallest absolute Gasteiger partial charge is 0.318 e. The number of thiophene rings is 1. The first kappa shape index (κ1) is 23.7. The lowest BCUT2D eigenvalue weighted by molar-refractivity contribution is 0.165. The van der Waals surface area contributed by atoms with Crippen LogP contribution in [0.2, 0.25) is 5.28 Å². The molecule has 0 saturated carbocycles. The number of nitrogens with one attached hydrogen (secondary N) is 2. The summed E-state index contributed by atoms with van der Waals surface area (Å²) < 4.78 is 0.924. The zero-order chi connectivity index (χ0) is 24.7. The van der Waals surface area contributed by atoms with Crippen molar-refractivity contribution < 1.29 is 4.79 Å². The van der Waals surface area contributed by atoms with Gasteiger partial charge in [0, 0.05) is 12.1 Å². The number of amidine groups is 1. The molecule has 0 aliphatic carbocycles. The Labute approximate surface area is 213 Å². The summed E-state index contributed by atoms with van der Waals surface area (Å²) in [7, 11) is 4.02. The van der Waals surface area contributed by atoms with Crippen molar-refractivity contribution in [2.75, 3.05) is 39.0 Å². The van der Waals surface area contributed by atoms with Crippen molar-refractivity contribution in [3.63, 3.8) is 0 Å². The zero-order valence-corrected chi connectivity index (χ0v) is 21.7. The minimum absolute atomic E-state index is 0.0924. The normalized spacial score (nSPS) is 17.7. The van der Waals surface area contributed by atoms with Crippen LogP contribution in [0.1, 0.15) is 25.5 Å². The monoisotopic (exact) mass is 509 g/mol. The first-order valence-electron chi connectivity index (χ1n) is 11.5. The summed E-state index contributed by atoms with van der Waals surface area (Å²) >= 11 is 7.70. The van der Waals surface area contributed by atoms with Gasteiger partial charge in [0.05, 0.1) is 34.9 Å². The molecule has 1 aromatic carbocycles. The minimum Gasteiger partial charge on any atom is -0.330 e. The van der Waals surface area contributed by atoms with E-state index in [0.717, 1.165) is 32.8 Å². The molecule has 35 heavy (non-hydrogen) atoms. The molecule has 4 heterocycles. The van der Waals surface area contributed by atoms with Gasteiger partial charge in [0.2, 0.25) is 5.28 Å². The lowest BCUT2D eigenvalue weighted by Crippen LogP contribution is -2.52. The summed E-state index contributed by atoms with van der Waals surface area (Å²) in [5, 5.41) is 8.79. The number of hydrogen-bond donors (Lipinski definition) is 2. The molecule has 0 radical (unpaired) electrons. The summed E-state index contributed by atoms with van der Waals surface area (Å²) in [6.45, 7) is 5.87. The molecule has 2 amide bonds. The van der Waals surface area contributed by atoms with Gasteiger partial charge in [-0.1, -0.05) is 30.3 Å². The molecule has 0 fully saturated rings. The SMILES string of the molecule is CN(C)C[C@@H](NC(=O)N1CC2=C(CN=C2Nc2nc(Cl)nc3ccsc23)C1(C)C)c1ccccc1. The van der Waals surface area contributed by atoms with Crippen LogP contribution in [0.15, 0.2) is 57.9 Å². The van der Waals surface area contributed by atoms with Crippen molar-refractivity contribution in [1.82, 2.24) is 25.1 Å². The predicted molar refractivity (Wildman–Crippen MR) is 142 cm³/mol. The molecular formula is C25H28ClN7OS. The van der Waals surface area contributed by atoms with Crippen LogP contribution in [0.25, 0.3) is 10.2 Å². The molecule has 8 nitrogen and oxygen atoms in total. The maximum absolute atomic E-state index is 13.6. The highest BCUT2D eigenvalue weighted by Crippen LogP contribution is 2.39. The summed E-state index contributed by atoms with van der Waals surface area (Å²) in [6.07, 6.45) is 0. The number of hydrogen-bond acceptors (Lipinski definition) is 7. The third-order valence-corrected chi connectivity index (χ3v) is 7.66. The van der Waals surface area contributed by atoms with E-state index in [1.807, 2.05) is 48.6 Å². The van der Waals surface area contributed by atoms with Gasteiger partial charge >= 0.3 is 6.03 Å². The Hall–Kier alpha value is -3.01. The van der Waals surface area contributed by atoms with E-state index in [1.54, 1.807) is 11.3 Å². The van der Waals surface area contributed by atoms with Crippen LogP contribution in [-0.2, 0) is 0 Å². The summed E-state index contributed by atoms with van der Waals surface area (Å²) in [5.41, 5.74) is 3.59. The van der Waals surface area contributed by atoms with Gasteiger partial charge in [-0.2, -0.15) is 4.98 Å². The second kappa shape index (κ2) is 9.22. The molecular weight excluding hydrogens is 482 g/mol. The van der Waals surface area contributed by atoms with Crippen molar-refractivity contribution in [3.8, 4) is 0 Å². The van der Waals surface area contributed by atoms with Crippen molar-refractivity contribution in [1.29, 1.82) is 0 Å². The molecule has 0 bridgehead atoms. The minimum atomic E-state index is -0.465. The van der Waals surface area contributed by atoms with Gasteiger partial charge in [0.25, 0.3) is 0 Å². The third kappa shape index (κ3) is 4.51. The standard InChI is InChI=1S/C25H28ClN7OS/c1-25(2)17-12-27-21(30-22-20-18(10-11-35-20)28-23(26)31-22)16(17)13-33(25)24(34)29-19(14-32(3)4)15-8-6-5-7-9-15/h5-11,19H,12-14H2,1-4H3,(H,29,34)(H,27,28,30,31)/t19-/m1/s1. The highest BCUT2D eigenvalue weighted by atomic mass is 35.5. The summed E-state index contributed by atoms with van der Waals surface area (Å²) in [5.74, 6) is 1.37. The Kier molecular flexibility index (Phi) is 6.25. The van der Waals surface area contributed by atoms with E-state index in [0.29, 0.717) is 25.5 Å². The van der Waals surface area contributed by atoms with E-state index in [-0.39, 0.29) is 17.4 Å². The topological polar surface area (TPSA) is 85.8 Å². The molecule has 2 N–H and O–H groups in total. The number of amides is 2. The Morgan fingerprint density at radius 1 is 1.23 bits per heavy atom. The number of halogens is 1. The first-order valence-corrected chi connectivity index (χ1v) is 12.7. The number of fused-ring (bicyclic) bond motifs is 1. The van der Waals surface area contributed by atoms with Crippen LogP contribution in [0.3, 0.4) is 0 Å². The Bertz CT molecular complexity index is 1330. The molecule has 0 saturated heterocycles. The molecule has 3 aromatic rings. The van der Waals surface area contributed by atoms with Crippen LogP contribution < -0.4 is 10.6 Å². The average molecular weight is 510 g/mol. The number of carbonyl (C=O) groups excluding carboxylic acids is 1. The largest absolute Gasteiger partial charge is 0.330 e. The van der Waals surface area contributed by atoms with Gasteiger partial charge in [-0.15, -0.1) is 11.3 Å². The van der Waals surface area contributed by atoms with Crippen LogP contribution in [0.5, 0.6) is 0 Å². The fourth-order valence-electron chi connectivity index (χ4n) is 4.73. The van der Waals surface area contributed by atoms with E-state index in [2.05, 4.69) is 51.5 Å². The molecule has 10 heteroatoms. The molecule has 182 valence electrons. The van der Waals surface area contributed by atoms with Crippen molar-refractivity contribution in [2.24, 2.45) is 4.99 Å². The summed E-state index contributed by atoms with van der Waals surface area (Å²) in [6, 6.07) is 11.8. The van der Waals surface area contributed by atoms with Gasteiger partial charge in [-0.25, -0.2) is 9.78 Å².